The third-order valence-electron chi connectivity index (χ3n) is 3.15. The van der Waals surface area contributed by atoms with Gasteiger partial charge in [-0.15, -0.1) is 0 Å². The molecule has 14 heavy (non-hydrogen) atoms. The summed E-state index contributed by atoms with van der Waals surface area (Å²) in [7, 11) is 0. The third kappa shape index (κ3) is 3.29. The number of rotatable bonds is 4. The summed E-state index contributed by atoms with van der Waals surface area (Å²) < 4.78 is 4.84. The molecule has 0 aliphatic heterocycles. The van der Waals surface area contributed by atoms with E-state index in [1.165, 1.54) is 19.8 Å². The Hall–Kier alpha value is -0.570. The van der Waals surface area contributed by atoms with Crippen molar-refractivity contribution in [2.45, 2.75) is 51.6 Å². The summed E-state index contributed by atoms with van der Waals surface area (Å²) in [5.41, 5.74) is -0.661. The first-order chi connectivity index (χ1) is 6.52. The zero-order valence-corrected chi connectivity index (χ0v) is 9.08. The number of carbonyl (C=O) groups excluding carboxylic acids is 1. The average Bonchev–Trinajstić information content (AvgIpc) is 2.54. The first kappa shape index (κ1) is 11.5. The average molecular weight is 200 g/mol. The van der Waals surface area contributed by atoms with E-state index in [0.29, 0.717) is 18.9 Å². The van der Waals surface area contributed by atoms with Crippen LogP contribution < -0.4 is 0 Å². The number of carbonyl (C=O) groups is 1. The van der Waals surface area contributed by atoms with E-state index in [2.05, 4.69) is 0 Å². The Labute approximate surface area is 85.5 Å². The first-order valence-corrected chi connectivity index (χ1v) is 5.38. The molecule has 1 aliphatic carbocycles. The van der Waals surface area contributed by atoms with Gasteiger partial charge in [-0.2, -0.15) is 0 Å². The van der Waals surface area contributed by atoms with E-state index in [-0.39, 0.29) is 5.97 Å². The molecule has 3 heteroatoms. The molecule has 0 unspecified atom stereocenters. The fourth-order valence-corrected chi connectivity index (χ4v) is 2.15. The highest BCUT2D eigenvalue weighted by Gasteiger charge is 2.33. The van der Waals surface area contributed by atoms with Crippen molar-refractivity contribution in [3.05, 3.63) is 0 Å². The van der Waals surface area contributed by atoms with E-state index < -0.39 is 5.60 Å². The SMILES string of the molecule is CC(=O)OCC[C@@](C)(O)C1CCCC1. The van der Waals surface area contributed by atoms with Crippen molar-refractivity contribution < 1.29 is 14.6 Å². The normalized spacial score (nSPS) is 21.9. The Morgan fingerprint density at radius 3 is 2.57 bits per heavy atom. The molecule has 1 atom stereocenters. The van der Waals surface area contributed by atoms with Crippen LogP contribution in [-0.2, 0) is 9.53 Å². The van der Waals surface area contributed by atoms with Crippen LogP contribution in [0.15, 0.2) is 0 Å². The van der Waals surface area contributed by atoms with Crippen LogP contribution in [0.2, 0.25) is 0 Å². The predicted molar refractivity (Wildman–Crippen MR) is 53.8 cm³/mol. The van der Waals surface area contributed by atoms with Gasteiger partial charge in [-0.3, -0.25) is 4.79 Å². The lowest BCUT2D eigenvalue weighted by atomic mass is 9.85. The second kappa shape index (κ2) is 4.78. The highest BCUT2D eigenvalue weighted by molar-refractivity contribution is 5.65. The van der Waals surface area contributed by atoms with Gasteiger partial charge in [0.1, 0.15) is 0 Å². The maximum Gasteiger partial charge on any atom is 0.302 e. The van der Waals surface area contributed by atoms with Crippen molar-refractivity contribution in [2.75, 3.05) is 6.61 Å². The number of ether oxygens (including phenoxy) is 1. The summed E-state index contributed by atoms with van der Waals surface area (Å²) in [5, 5.41) is 10.1. The van der Waals surface area contributed by atoms with Crippen LogP contribution in [0.5, 0.6) is 0 Å². The van der Waals surface area contributed by atoms with E-state index in [4.69, 9.17) is 4.74 Å². The summed E-state index contributed by atoms with van der Waals surface area (Å²) >= 11 is 0. The lowest BCUT2D eigenvalue weighted by Crippen LogP contribution is -2.34. The first-order valence-electron chi connectivity index (χ1n) is 5.38. The maximum absolute atomic E-state index is 10.5. The van der Waals surface area contributed by atoms with Crippen LogP contribution in [0.3, 0.4) is 0 Å². The van der Waals surface area contributed by atoms with Gasteiger partial charge in [-0.05, 0) is 25.7 Å². The second-order valence-electron chi connectivity index (χ2n) is 4.43. The number of hydrogen-bond acceptors (Lipinski definition) is 3. The van der Waals surface area contributed by atoms with Crippen LogP contribution in [0, 0.1) is 5.92 Å². The second-order valence-corrected chi connectivity index (χ2v) is 4.43. The zero-order chi connectivity index (χ0) is 10.6. The molecule has 82 valence electrons. The van der Waals surface area contributed by atoms with Gasteiger partial charge in [0.25, 0.3) is 0 Å². The highest BCUT2D eigenvalue weighted by Crippen LogP contribution is 2.35. The van der Waals surface area contributed by atoms with Gasteiger partial charge in [0, 0.05) is 13.3 Å². The maximum atomic E-state index is 10.5. The van der Waals surface area contributed by atoms with Gasteiger partial charge < -0.3 is 9.84 Å². The fraction of sp³-hybridized carbons (Fsp3) is 0.909. The highest BCUT2D eigenvalue weighted by atomic mass is 16.5. The van der Waals surface area contributed by atoms with Crippen molar-refractivity contribution in [2.24, 2.45) is 5.92 Å². The third-order valence-corrected chi connectivity index (χ3v) is 3.15. The van der Waals surface area contributed by atoms with Crippen molar-refractivity contribution in [1.29, 1.82) is 0 Å². The molecule has 0 aromatic heterocycles. The summed E-state index contributed by atoms with van der Waals surface area (Å²) in [6.45, 7) is 3.58. The topological polar surface area (TPSA) is 46.5 Å². The molecule has 1 saturated carbocycles. The van der Waals surface area contributed by atoms with E-state index in [9.17, 15) is 9.90 Å². The van der Waals surface area contributed by atoms with Crippen LogP contribution in [0.25, 0.3) is 0 Å². The number of hydrogen-bond donors (Lipinski definition) is 1. The Morgan fingerprint density at radius 2 is 2.07 bits per heavy atom. The van der Waals surface area contributed by atoms with Gasteiger partial charge in [-0.1, -0.05) is 12.8 Å². The standard InChI is InChI=1S/C11H20O3/c1-9(12)14-8-7-11(2,13)10-5-3-4-6-10/h10,13H,3-8H2,1-2H3/t11-/m1/s1. The lowest BCUT2D eigenvalue weighted by molar-refractivity contribution is -0.142. The van der Waals surface area contributed by atoms with E-state index in [0.717, 1.165) is 12.8 Å². The molecule has 0 bridgehead atoms. The molecule has 1 fully saturated rings. The summed E-state index contributed by atoms with van der Waals surface area (Å²) in [6.07, 6.45) is 5.19. The van der Waals surface area contributed by atoms with Crippen molar-refractivity contribution in [3.63, 3.8) is 0 Å². The van der Waals surface area contributed by atoms with Crippen LogP contribution in [0.4, 0.5) is 0 Å². The summed E-state index contributed by atoms with van der Waals surface area (Å²) in [6, 6.07) is 0. The molecule has 3 nitrogen and oxygen atoms in total. The molecule has 0 aromatic carbocycles. The molecule has 1 N–H and O–H groups in total. The Balaban J connectivity index is 2.29. The fourth-order valence-electron chi connectivity index (χ4n) is 2.15. The molecule has 0 radical (unpaired) electrons. The van der Waals surface area contributed by atoms with Gasteiger partial charge in [0.05, 0.1) is 12.2 Å². The minimum absolute atomic E-state index is 0.271. The summed E-state index contributed by atoms with van der Waals surface area (Å²) in [4.78, 5) is 10.5. The van der Waals surface area contributed by atoms with Crippen molar-refractivity contribution in [1.82, 2.24) is 0 Å². The van der Waals surface area contributed by atoms with E-state index in [1.54, 1.807) is 0 Å². The van der Waals surface area contributed by atoms with Crippen LogP contribution in [-0.4, -0.2) is 23.3 Å². The minimum atomic E-state index is -0.661. The van der Waals surface area contributed by atoms with E-state index >= 15 is 0 Å². The van der Waals surface area contributed by atoms with Crippen LogP contribution in [0.1, 0.15) is 46.0 Å². The van der Waals surface area contributed by atoms with Crippen molar-refractivity contribution >= 4 is 5.97 Å². The summed E-state index contributed by atoms with van der Waals surface area (Å²) in [5.74, 6) is 0.116. The van der Waals surface area contributed by atoms with Gasteiger partial charge in [0.2, 0.25) is 0 Å². The zero-order valence-electron chi connectivity index (χ0n) is 9.08. The molecule has 0 spiro atoms. The minimum Gasteiger partial charge on any atom is -0.466 e. The van der Waals surface area contributed by atoms with Gasteiger partial charge >= 0.3 is 5.97 Å². The molecule has 1 aliphatic rings. The van der Waals surface area contributed by atoms with Gasteiger partial charge in [0.15, 0.2) is 0 Å². The smallest absolute Gasteiger partial charge is 0.302 e. The molecular weight excluding hydrogens is 180 g/mol. The Morgan fingerprint density at radius 1 is 1.50 bits per heavy atom. The Bertz CT molecular complexity index is 193. The molecular formula is C11H20O3. The van der Waals surface area contributed by atoms with Crippen LogP contribution >= 0.6 is 0 Å². The molecule has 0 heterocycles. The molecule has 0 aromatic rings. The van der Waals surface area contributed by atoms with E-state index in [1.807, 2.05) is 6.92 Å². The van der Waals surface area contributed by atoms with Crippen molar-refractivity contribution in [3.8, 4) is 0 Å². The molecule has 0 amide bonds. The molecule has 1 rings (SSSR count). The number of esters is 1. The number of aliphatic hydroxyl groups is 1. The Kier molecular flexibility index (Phi) is 3.93. The quantitative estimate of drug-likeness (QED) is 0.705. The lowest BCUT2D eigenvalue weighted by Gasteiger charge is -2.29. The monoisotopic (exact) mass is 200 g/mol. The predicted octanol–water partition coefficient (Wildman–Crippen LogP) is 1.88. The molecule has 0 saturated heterocycles. The van der Waals surface area contributed by atoms with Gasteiger partial charge in [-0.25, -0.2) is 0 Å². The largest absolute Gasteiger partial charge is 0.466 e.